The lowest BCUT2D eigenvalue weighted by Crippen LogP contribution is -2.39. The molecule has 0 aromatic heterocycles. The van der Waals surface area contributed by atoms with Gasteiger partial charge in [0.15, 0.2) is 0 Å². The van der Waals surface area contributed by atoms with Gasteiger partial charge in [-0.05, 0) is 38.4 Å². The third-order valence-corrected chi connectivity index (χ3v) is 5.58. The summed E-state index contributed by atoms with van der Waals surface area (Å²) < 4.78 is 25.9. The fourth-order valence-electron chi connectivity index (χ4n) is 1.98. The van der Waals surface area contributed by atoms with E-state index in [1.807, 2.05) is 11.8 Å². The van der Waals surface area contributed by atoms with Crippen molar-refractivity contribution in [1.29, 1.82) is 0 Å². The van der Waals surface area contributed by atoms with Gasteiger partial charge in [0.25, 0.3) is 0 Å². The average Bonchev–Trinajstić information content (AvgIpc) is 2.27. The average molecular weight is 267 g/mol. The second-order valence-electron chi connectivity index (χ2n) is 4.22. The van der Waals surface area contributed by atoms with Crippen LogP contribution in [0, 0.1) is 0 Å². The predicted molar refractivity (Wildman–Crippen MR) is 68.2 cm³/mol. The van der Waals surface area contributed by atoms with E-state index in [9.17, 15) is 8.42 Å². The maximum atomic E-state index is 11.6. The van der Waals surface area contributed by atoms with E-state index in [2.05, 4.69) is 11.0 Å². The van der Waals surface area contributed by atoms with Crippen LogP contribution in [0.15, 0.2) is 0 Å². The molecule has 2 N–H and O–H groups in total. The summed E-state index contributed by atoms with van der Waals surface area (Å²) in [7, 11) is -3.18. The molecular weight excluding hydrogens is 246 g/mol. The molecule has 0 spiro atoms. The molecule has 1 saturated carbocycles. The zero-order chi connectivity index (χ0) is 12.0. The molecule has 1 rings (SSSR count). The quantitative estimate of drug-likeness (QED) is 0.752. The SMILES string of the molecule is CSC1CCC(NS(=O)(=O)CCCO)CC1. The van der Waals surface area contributed by atoms with E-state index in [4.69, 9.17) is 5.11 Å². The van der Waals surface area contributed by atoms with Crippen molar-refractivity contribution in [1.82, 2.24) is 4.72 Å². The van der Waals surface area contributed by atoms with Crippen molar-refractivity contribution in [3.8, 4) is 0 Å². The number of thioether (sulfide) groups is 1. The number of nitrogens with one attached hydrogen (secondary N) is 1. The maximum Gasteiger partial charge on any atom is 0.211 e. The Morgan fingerprint density at radius 2 is 1.94 bits per heavy atom. The Bertz CT molecular complexity index is 284. The summed E-state index contributed by atoms with van der Waals surface area (Å²) in [5.41, 5.74) is 0. The number of hydrogen-bond donors (Lipinski definition) is 2. The van der Waals surface area contributed by atoms with E-state index < -0.39 is 10.0 Å². The molecule has 0 atom stereocenters. The van der Waals surface area contributed by atoms with E-state index in [0.29, 0.717) is 11.7 Å². The van der Waals surface area contributed by atoms with E-state index in [0.717, 1.165) is 25.7 Å². The second kappa shape index (κ2) is 6.83. The van der Waals surface area contributed by atoms with Crippen LogP contribution < -0.4 is 4.72 Å². The molecular formula is C10H21NO3S2. The second-order valence-corrected chi connectivity index (χ2v) is 7.23. The first kappa shape index (κ1) is 14.3. The van der Waals surface area contributed by atoms with Crippen molar-refractivity contribution >= 4 is 21.8 Å². The van der Waals surface area contributed by atoms with Crippen molar-refractivity contribution in [3.63, 3.8) is 0 Å². The maximum absolute atomic E-state index is 11.6. The molecule has 0 amide bonds. The highest BCUT2D eigenvalue weighted by Crippen LogP contribution is 2.27. The van der Waals surface area contributed by atoms with E-state index >= 15 is 0 Å². The molecule has 6 heteroatoms. The first-order chi connectivity index (χ1) is 7.57. The minimum atomic E-state index is -3.18. The molecule has 0 unspecified atom stereocenters. The Kier molecular flexibility index (Phi) is 6.10. The van der Waals surface area contributed by atoms with E-state index in [-0.39, 0.29) is 18.4 Å². The van der Waals surface area contributed by atoms with Crippen molar-refractivity contribution in [2.24, 2.45) is 0 Å². The van der Waals surface area contributed by atoms with Gasteiger partial charge in [0, 0.05) is 17.9 Å². The van der Waals surface area contributed by atoms with Gasteiger partial charge in [0.1, 0.15) is 0 Å². The molecule has 0 heterocycles. The normalized spacial score (nSPS) is 26.9. The third kappa shape index (κ3) is 5.03. The largest absolute Gasteiger partial charge is 0.396 e. The van der Waals surface area contributed by atoms with Crippen molar-refractivity contribution in [2.45, 2.75) is 43.4 Å². The van der Waals surface area contributed by atoms with Gasteiger partial charge in [-0.25, -0.2) is 13.1 Å². The highest BCUT2D eigenvalue weighted by atomic mass is 32.2. The van der Waals surface area contributed by atoms with Crippen LogP contribution in [0.4, 0.5) is 0 Å². The van der Waals surface area contributed by atoms with E-state index in [1.54, 1.807) is 0 Å². The molecule has 4 nitrogen and oxygen atoms in total. The summed E-state index contributed by atoms with van der Waals surface area (Å²) in [5.74, 6) is 0.0337. The summed E-state index contributed by atoms with van der Waals surface area (Å²) in [6, 6.07) is 0.104. The van der Waals surface area contributed by atoms with Gasteiger partial charge in [-0.1, -0.05) is 0 Å². The zero-order valence-electron chi connectivity index (χ0n) is 9.68. The van der Waals surface area contributed by atoms with Gasteiger partial charge in [-0.15, -0.1) is 0 Å². The molecule has 1 aliphatic carbocycles. The van der Waals surface area contributed by atoms with Gasteiger partial charge < -0.3 is 5.11 Å². The van der Waals surface area contributed by atoms with Crippen molar-refractivity contribution in [2.75, 3.05) is 18.6 Å². The Balaban J connectivity index is 2.32. The van der Waals surface area contributed by atoms with Gasteiger partial charge in [0.05, 0.1) is 5.75 Å². The van der Waals surface area contributed by atoms with Crippen LogP contribution in [0.5, 0.6) is 0 Å². The molecule has 0 radical (unpaired) electrons. The fourth-order valence-corrected chi connectivity index (χ4v) is 4.10. The highest BCUT2D eigenvalue weighted by Gasteiger charge is 2.23. The molecule has 0 saturated heterocycles. The van der Waals surface area contributed by atoms with Crippen LogP contribution in [-0.2, 0) is 10.0 Å². The molecule has 1 fully saturated rings. The molecule has 0 bridgehead atoms. The van der Waals surface area contributed by atoms with Crippen LogP contribution >= 0.6 is 11.8 Å². The molecule has 16 heavy (non-hydrogen) atoms. The summed E-state index contributed by atoms with van der Waals surface area (Å²) >= 11 is 1.87. The number of aliphatic hydroxyl groups is 1. The number of hydrogen-bond acceptors (Lipinski definition) is 4. The molecule has 0 aromatic rings. The van der Waals surface area contributed by atoms with Gasteiger partial charge in [-0.3, -0.25) is 0 Å². The summed E-state index contributed by atoms with van der Waals surface area (Å²) in [6.45, 7) is -0.0693. The lowest BCUT2D eigenvalue weighted by Gasteiger charge is -2.27. The summed E-state index contributed by atoms with van der Waals surface area (Å²) in [5, 5.41) is 9.30. The van der Waals surface area contributed by atoms with Crippen LogP contribution in [0.1, 0.15) is 32.1 Å². The number of sulfonamides is 1. The molecule has 96 valence electrons. The molecule has 1 aliphatic rings. The highest BCUT2D eigenvalue weighted by molar-refractivity contribution is 7.99. The Morgan fingerprint density at radius 1 is 1.31 bits per heavy atom. The van der Waals surface area contributed by atoms with Crippen LogP contribution in [0.25, 0.3) is 0 Å². The minimum absolute atomic E-state index is 0.0337. The Labute approximate surface area is 102 Å². The number of aliphatic hydroxyl groups excluding tert-OH is 1. The Morgan fingerprint density at radius 3 is 2.44 bits per heavy atom. The van der Waals surface area contributed by atoms with E-state index in [1.165, 1.54) is 0 Å². The van der Waals surface area contributed by atoms with Gasteiger partial charge in [0.2, 0.25) is 10.0 Å². The smallest absolute Gasteiger partial charge is 0.211 e. The zero-order valence-corrected chi connectivity index (χ0v) is 11.3. The summed E-state index contributed by atoms with van der Waals surface area (Å²) in [4.78, 5) is 0. The Hall–Kier alpha value is 0.220. The van der Waals surface area contributed by atoms with Gasteiger partial charge >= 0.3 is 0 Å². The van der Waals surface area contributed by atoms with Crippen molar-refractivity contribution < 1.29 is 13.5 Å². The lowest BCUT2D eigenvalue weighted by atomic mass is 9.96. The summed E-state index contributed by atoms with van der Waals surface area (Å²) in [6.07, 6.45) is 6.47. The van der Waals surface area contributed by atoms with Crippen LogP contribution in [-0.4, -0.2) is 43.4 Å². The van der Waals surface area contributed by atoms with Crippen molar-refractivity contribution in [3.05, 3.63) is 0 Å². The fraction of sp³-hybridized carbons (Fsp3) is 1.00. The first-order valence-corrected chi connectivity index (χ1v) is 8.65. The first-order valence-electron chi connectivity index (χ1n) is 5.71. The van der Waals surface area contributed by atoms with Crippen LogP contribution in [0.2, 0.25) is 0 Å². The predicted octanol–water partition coefficient (Wildman–Crippen LogP) is 0.962. The van der Waals surface area contributed by atoms with Crippen LogP contribution in [0.3, 0.4) is 0 Å². The van der Waals surface area contributed by atoms with Gasteiger partial charge in [-0.2, -0.15) is 11.8 Å². The topological polar surface area (TPSA) is 66.4 Å². The lowest BCUT2D eigenvalue weighted by molar-refractivity contribution is 0.295. The number of rotatable bonds is 6. The monoisotopic (exact) mass is 267 g/mol. The molecule has 0 aromatic carbocycles. The third-order valence-electron chi connectivity index (χ3n) is 2.92. The molecule has 0 aliphatic heterocycles. The minimum Gasteiger partial charge on any atom is -0.396 e. The standard InChI is InChI=1S/C10H21NO3S2/c1-15-10-5-3-9(4-6-10)11-16(13,14)8-2-7-12/h9-12H,2-8H2,1H3.